The zero-order valence-corrected chi connectivity index (χ0v) is 43.6. The van der Waals surface area contributed by atoms with Gasteiger partial charge >= 0.3 is 0 Å². The number of nitrogens with two attached hydrogens (primary N) is 1. The molecule has 3 aromatic rings. The highest BCUT2D eigenvalue weighted by Gasteiger charge is 2.61. The number of halogens is 3. The molecule has 2 unspecified atom stereocenters. The molecule has 73 heavy (non-hydrogen) atoms. The van der Waals surface area contributed by atoms with Gasteiger partial charge in [-0.3, -0.25) is 39.5 Å². The SMILES string of the molecule is C=C1/C=C(/CN2CCC(c3c(F)cc(C(C)=O)cc3F)CC2)N(C)/N=C\C=C/1n1cc(F)c(NC)cc1=O.C=O.CCCC(CCC)CN1CCN(c2ccc3c(c2)C2(CC2)C(=O)C(N)(O)C(CCC)N3)CC1. The number of rotatable bonds is 15. The summed E-state index contributed by atoms with van der Waals surface area (Å²) < 4.78 is 44.9. The zero-order valence-electron chi connectivity index (χ0n) is 43.6. The van der Waals surface area contributed by atoms with Gasteiger partial charge in [-0.05, 0) is 130 Å². The summed E-state index contributed by atoms with van der Waals surface area (Å²) in [6.07, 6.45) is 15.4. The van der Waals surface area contributed by atoms with Gasteiger partial charge in [-0.15, -0.1) is 0 Å². The molecule has 8 rings (SSSR count). The van der Waals surface area contributed by atoms with Gasteiger partial charge in [0.15, 0.2) is 23.1 Å². The molecule has 5 aliphatic rings. The van der Waals surface area contributed by atoms with Gasteiger partial charge in [0.2, 0.25) is 0 Å². The first kappa shape index (κ1) is 56.4. The fraction of sp³-hybridized carbons (Fsp3) is 0.518. The number of carbonyl (C=O) groups excluding carboxylic acids is 3. The van der Waals surface area contributed by atoms with Crippen LogP contribution in [-0.2, 0) is 15.0 Å². The number of allylic oxidation sites excluding steroid dienone is 4. The molecule has 14 nitrogen and oxygen atoms in total. The van der Waals surface area contributed by atoms with Crippen LogP contribution in [-0.4, -0.2) is 127 Å². The van der Waals surface area contributed by atoms with E-state index in [-0.39, 0.29) is 34.3 Å². The van der Waals surface area contributed by atoms with E-state index >= 15 is 0 Å². The molecular formula is C56H76F3N9O5. The molecule has 1 saturated carbocycles. The van der Waals surface area contributed by atoms with Crippen molar-refractivity contribution in [2.24, 2.45) is 16.8 Å². The second kappa shape index (κ2) is 24.9. The molecule has 1 aromatic heterocycles. The summed E-state index contributed by atoms with van der Waals surface area (Å²) in [5.74, 6) is -2.01. The normalized spacial score (nSPS) is 23.0. The van der Waals surface area contributed by atoms with E-state index in [9.17, 15) is 32.7 Å². The predicted octanol–water partition coefficient (Wildman–Crippen LogP) is 8.28. The van der Waals surface area contributed by atoms with E-state index in [0.717, 1.165) is 86.6 Å². The van der Waals surface area contributed by atoms with E-state index in [2.05, 4.69) is 76.0 Å². The third-order valence-electron chi connectivity index (χ3n) is 15.1. The average Bonchev–Trinajstić information content (AvgIpc) is 4.19. The van der Waals surface area contributed by atoms with Gasteiger partial charge < -0.3 is 25.4 Å². The molecule has 5 N–H and O–H groups in total. The van der Waals surface area contributed by atoms with Crippen molar-refractivity contribution in [2.45, 2.75) is 115 Å². The maximum Gasteiger partial charge on any atom is 0.257 e. The van der Waals surface area contributed by atoms with Crippen LogP contribution in [0.3, 0.4) is 0 Å². The van der Waals surface area contributed by atoms with Crippen molar-refractivity contribution in [1.82, 2.24) is 19.4 Å². The van der Waals surface area contributed by atoms with Crippen LogP contribution in [0.1, 0.15) is 119 Å². The maximum atomic E-state index is 14.7. The first-order valence-electron chi connectivity index (χ1n) is 25.9. The number of benzene rings is 2. The minimum absolute atomic E-state index is 0.0256. The van der Waals surface area contributed by atoms with Crippen molar-refractivity contribution in [3.8, 4) is 0 Å². The monoisotopic (exact) mass is 1010 g/mol. The van der Waals surface area contributed by atoms with Crippen molar-refractivity contribution in [2.75, 3.05) is 82.0 Å². The maximum absolute atomic E-state index is 14.7. The molecule has 3 fully saturated rings. The number of nitrogens with zero attached hydrogens (tertiary/aromatic N) is 6. The molecule has 0 bridgehead atoms. The molecule has 2 atom stereocenters. The molecule has 17 heteroatoms. The Hall–Kier alpha value is -5.88. The molecule has 396 valence electrons. The van der Waals surface area contributed by atoms with Crippen LogP contribution in [0.15, 0.2) is 82.5 Å². The molecule has 2 saturated heterocycles. The number of pyridine rings is 1. The number of hydrogen-bond donors (Lipinski definition) is 4. The van der Waals surface area contributed by atoms with Crippen LogP contribution >= 0.6 is 0 Å². The number of piperazine rings is 1. The fourth-order valence-corrected chi connectivity index (χ4v) is 10.9. The molecule has 1 aliphatic carbocycles. The number of likely N-dealkylation sites (N-methyl/N-ethyl adjacent to an activating group) is 1. The second-order valence-electron chi connectivity index (χ2n) is 20.1. The molecule has 0 amide bonds. The number of aliphatic hydroxyl groups is 1. The number of carbonyl (C=O) groups is 3. The molecular weight excluding hydrogens is 936 g/mol. The largest absolute Gasteiger partial charge is 0.386 e. The smallest absolute Gasteiger partial charge is 0.257 e. The third-order valence-corrected chi connectivity index (χ3v) is 15.1. The highest BCUT2D eigenvalue weighted by molar-refractivity contribution is 6.02. The lowest BCUT2D eigenvalue weighted by Gasteiger charge is -2.38. The quantitative estimate of drug-likeness (QED) is 0.0851. The summed E-state index contributed by atoms with van der Waals surface area (Å²) in [7, 11) is 3.32. The van der Waals surface area contributed by atoms with Crippen LogP contribution in [0.2, 0.25) is 0 Å². The summed E-state index contributed by atoms with van der Waals surface area (Å²) in [4.78, 5) is 52.8. The number of hydrazone groups is 1. The van der Waals surface area contributed by atoms with Crippen molar-refractivity contribution in [1.29, 1.82) is 0 Å². The number of aromatic nitrogens is 1. The first-order chi connectivity index (χ1) is 34.9. The van der Waals surface area contributed by atoms with Gasteiger partial charge in [-0.1, -0.05) is 46.6 Å². The summed E-state index contributed by atoms with van der Waals surface area (Å²) in [6.45, 7) is 21.1. The van der Waals surface area contributed by atoms with Gasteiger partial charge in [0.1, 0.15) is 18.4 Å². The summed E-state index contributed by atoms with van der Waals surface area (Å²) in [6, 6.07) is 9.42. The van der Waals surface area contributed by atoms with Crippen molar-refractivity contribution >= 4 is 47.3 Å². The Kier molecular flexibility index (Phi) is 19.2. The zero-order chi connectivity index (χ0) is 53.2. The number of Topliss-reactive ketones (excluding diaryl/α,β-unsaturated/α-hetero) is 2. The van der Waals surface area contributed by atoms with Crippen LogP contribution in [0.4, 0.5) is 30.2 Å². The number of piperidine rings is 1. The van der Waals surface area contributed by atoms with E-state index in [1.807, 2.05) is 6.79 Å². The third kappa shape index (κ3) is 12.9. The topological polar surface area (TPSA) is 169 Å². The van der Waals surface area contributed by atoms with Gasteiger partial charge in [-0.25, -0.2) is 13.2 Å². The summed E-state index contributed by atoms with van der Waals surface area (Å²) in [5.41, 5.74) is 8.40. The first-order valence-corrected chi connectivity index (χ1v) is 25.9. The van der Waals surface area contributed by atoms with E-state index < -0.39 is 40.2 Å². The lowest BCUT2D eigenvalue weighted by molar-refractivity contribution is -0.141. The van der Waals surface area contributed by atoms with Crippen molar-refractivity contribution < 1.29 is 32.7 Å². The van der Waals surface area contributed by atoms with E-state index in [0.29, 0.717) is 50.2 Å². The fourth-order valence-electron chi connectivity index (χ4n) is 10.9. The highest BCUT2D eigenvalue weighted by atomic mass is 19.1. The number of hydrogen-bond acceptors (Lipinski definition) is 13. The lowest BCUT2D eigenvalue weighted by Crippen LogP contribution is -2.61. The molecule has 5 heterocycles. The van der Waals surface area contributed by atoms with Crippen molar-refractivity contribution in [3.63, 3.8) is 0 Å². The van der Waals surface area contributed by atoms with Crippen LogP contribution in [0, 0.1) is 23.4 Å². The molecule has 1 spiro atoms. The molecule has 2 aromatic carbocycles. The van der Waals surface area contributed by atoms with E-state index in [4.69, 9.17) is 10.5 Å². The van der Waals surface area contributed by atoms with Gasteiger partial charge in [0, 0.05) is 88.1 Å². The number of ketones is 2. The summed E-state index contributed by atoms with van der Waals surface area (Å²) >= 11 is 0. The summed E-state index contributed by atoms with van der Waals surface area (Å²) in [5, 5.41) is 23.2. The number of nitrogens with one attached hydrogen (secondary N) is 2. The number of fused-ring (bicyclic) bond motifs is 2. The van der Waals surface area contributed by atoms with Gasteiger partial charge in [0.05, 0.1) is 34.7 Å². The minimum Gasteiger partial charge on any atom is -0.386 e. The molecule has 0 radical (unpaired) electrons. The Balaban J connectivity index is 0.000000232. The Morgan fingerprint density at radius 1 is 0.932 bits per heavy atom. The Bertz CT molecular complexity index is 2580. The number of anilines is 3. The predicted molar refractivity (Wildman–Crippen MR) is 286 cm³/mol. The standard InChI is InChI=1S/C28H30F3N5O2.C27H44N4O2.CH2O/c1-17-11-21(34(4)33-8-5-26(17)36-16-24(31)25(32-3)14-27(36)38)15-35-9-6-19(7-10-35)28-22(29)12-20(18(2)37)13-23(28)30;1-4-7-20(8-5-2)19-30-14-16-31(17-15-30)21-10-11-23-22(18-21)26(12-13-26)25(32)27(28,33)24(29-23)9-6-3;1-2/h5,8,11-14,16,19,32H,1,6-7,9-10,15H2,2-4H3;10-11,18,20,24,29,33H,4-9,12-17,19,28H2,1-3H3;1H2/b21-11-,26-5+,33-8-;;. The Morgan fingerprint density at radius 2 is 1.58 bits per heavy atom. The van der Waals surface area contributed by atoms with Crippen LogP contribution < -0.4 is 26.8 Å². The van der Waals surface area contributed by atoms with Gasteiger partial charge in [-0.2, -0.15) is 5.10 Å². The number of likely N-dealkylation sites (tertiary alicyclic amines) is 1. The lowest BCUT2D eigenvalue weighted by atomic mass is 9.83. The minimum atomic E-state index is -1.83. The average molecular weight is 1010 g/mol. The van der Waals surface area contributed by atoms with Gasteiger partial charge in [0.25, 0.3) is 5.56 Å². The van der Waals surface area contributed by atoms with E-state index in [1.165, 1.54) is 68.7 Å². The second-order valence-corrected chi connectivity index (χ2v) is 20.1. The highest BCUT2D eigenvalue weighted by Crippen LogP contribution is 2.55. The van der Waals surface area contributed by atoms with Crippen LogP contribution in [0.25, 0.3) is 5.70 Å². The molecule has 4 aliphatic heterocycles. The van der Waals surface area contributed by atoms with Crippen LogP contribution in [0.5, 0.6) is 0 Å². The van der Waals surface area contributed by atoms with Crippen molar-refractivity contribution in [3.05, 3.63) is 117 Å². The Morgan fingerprint density at radius 3 is 2.15 bits per heavy atom. The Labute approximate surface area is 428 Å². The van der Waals surface area contributed by atoms with E-state index in [1.54, 1.807) is 24.2 Å².